The molecule has 1 fully saturated rings. The van der Waals surface area contributed by atoms with Gasteiger partial charge in [0.25, 0.3) is 0 Å². The van der Waals surface area contributed by atoms with Crippen LogP contribution in [-0.2, 0) is 24.2 Å². The Hall–Kier alpha value is -2.34. The van der Waals surface area contributed by atoms with Crippen LogP contribution in [0.4, 0.5) is 4.39 Å². The molecule has 4 rings (SSSR count). The summed E-state index contributed by atoms with van der Waals surface area (Å²) < 4.78 is 13.9. The number of rotatable bonds is 3. The van der Waals surface area contributed by atoms with Crippen LogP contribution in [0.1, 0.15) is 41.4 Å². The quantitative estimate of drug-likeness (QED) is 0.836. The minimum atomic E-state index is -0.317. The molecular weight excluding hydrogens is 343 g/mol. The molecule has 1 amide bonds. The van der Waals surface area contributed by atoms with E-state index in [4.69, 9.17) is 4.98 Å². The number of amides is 1. The number of nitrogens with zero attached hydrogens (tertiary/aromatic N) is 4. The molecule has 5 nitrogen and oxygen atoms in total. The Bertz CT molecular complexity index is 841. The first-order valence-corrected chi connectivity index (χ1v) is 9.64. The van der Waals surface area contributed by atoms with Gasteiger partial charge in [0, 0.05) is 56.0 Å². The van der Waals surface area contributed by atoms with Gasteiger partial charge >= 0.3 is 0 Å². The molecule has 1 aromatic heterocycles. The zero-order valence-corrected chi connectivity index (χ0v) is 15.7. The van der Waals surface area contributed by atoms with E-state index in [0.717, 1.165) is 50.4 Å². The number of likely N-dealkylation sites (N-methyl/N-ethyl adjacent to an activating group) is 1. The third-order valence-corrected chi connectivity index (χ3v) is 5.58. The van der Waals surface area contributed by atoms with Crippen LogP contribution >= 0.6 is 0 Å². The van der Waals surface area contributed by atoms with Gasteiger partial charge in [-0.3, -0.25) is 4.79 Å². The average Bonchev–Trinajstić information content (AvgIpc) is 2.69. The highest BCUT2D eigenvalue weighted by Crippen LogP contribution is 2.26. The van der Waals surface area contributed by atoms with Crippen LogP contribution in [0, 0.1) is 5.82 Å². The summed E-state index contributed by atoms with van der Waals surface area (Å²) in [7, 11) is 2.11. The fourth-order valence-corrected chi connectivity index (χ4v) is 4.00. The number of hydrogen-bond acceptors (Lipinski definition) is 4. The number of benzene rings is 1. The number of carbonyl (C=O) groups excluding carboxylic acids is 1. The van der Waals surface area contributed by atoms with Gasteiger partial charge in [0.05, 0.1) is 6.42 Å². The highest BCUT2D eigenvalue weighted by Gasteiger charge is 2.28. The predicted octanol–water partition coefficient (Wildman–Crippen LogP) is 2.55. The molecule has 0 bridgehead atoms. The van der Waals surface area contributed by atoms with E-state index >= 15 is 0 Å². The second-order valence-corrected chi connectivity index (χ2v) is 7.64. The van der Waals surface area contributed by atoms with Gasteiger partial charge in [-0.1, -0.05) is 18.2 Å². The molecule has 1 saturated heterocycles. The predicted molar refractivity (Wildman–Crippen MR) is 101 cm³/mol. The maximum atomic E-state index is 13.9. The average molecular weight is 368 g/mol. The monoisotopic (exact) mass is 368 g/mol. The van der Waals surface area contributed by atoms with Crippen LogP contribution in [0.5, 0.6) is 0 Å². The van der Waals surface area contributed by atoms with Gasteiger partial charge in [0.2, 0.25) is 5.91 Å². The van der Waals surface area contributed by atoms with Crippen LogP contribution in [-0.4, -0.2) is 52.4 Å². The molecule has 0 spiro atoms. The molecular formula is C21H25FN4O. The van der Waals surface area contributed by atoms with Gasteiger partial charge in [-0.05, 0) is 31.5 Å². The fraction of sp³-hybridized carbons (Fsp3) is 0.476. The standard InChI is InChI=1S/C21H25FN4O/c1-25-10-8-19-17(13-25)12-23-21(24-19)16-6-4-9-26(14-16)20(27)11-15-5-2-3-7-18(15)22/h2-3,5,7,12,16H,4,6,8-11,13-14H2,1H3. The molecule has 0 aliphatic carbocycles. The number of likely N-dealkylation sites (tertiary alicyclic amines) is 1. The molecule has 1 atom stereocenters. The van der Waals surface area contributed by atoms with Crippen molar-refractivity contribution in [2.45, 2.75) is 38.1 Å². The Labute approximate surface area is 159 Å². The third kappa shape index (κ3) is 4.00. The van der Waals surface area contributed by atoms with E-state index in [1.165, 1.54) is 11.6 Å². The number of carbonyl (C=O) groups is 1. The van der Waals surface area contributed by atoms with E-state index in [0.29, 0.717) is 12.1 Å². The minimum Gasteiger partial charge on any atom is -0.342 e. The largest absolute Gasteiger partial charge is 0.342 e. The molecule has 1 unspecified atom stereocenters. The van der Waals surface area contributed by atoms with Crippen molar-refractivity contribution in [2.75, 3.05) is 26.7 Å². The highest BCUT2D eigenvalue weighted by molar-refractivity contribution is 5.79. The summed E-state index contributed by atoms with van der Waals surface area (Å²) >= 11 is 0. The smallest absolute Gasteiger partial charge is 0.227 e. The van der Waals surface area contributed by atoms with E-state index in [1.807, 2.05) is 11.1 Å². The van der Waals surface area contributed by atoms with Crippen LogP contribution in [0.15, 0.2) is 30.5 Å². The van der Waals surface area contributed by atoms with Crippen molar-refractivity contribution < 1.29 is 9.18 Å². The van der Waals surface area contributed by atoms with Gasteiger partial charge in [-0.25, -0.2) is 14.4 Å². The first kappa shape index (κ1) is 18.0. The van der Waals surface area contributed by atoms with Crippen molar-refractivity contribution in [3.8, 4) is 0 Å². The number of aromatic nitrogens is 2. The first-order valence-electron chi connectivity index (χ1n) is 9.64. The lowest BCUT2D eigenvalue weighted by Gasteiger charge is -2.33. The van der Waals surface area contributed by atoms with Crippen LogP contribution in [0.3, 0.4) is 0 Å². The normalized spacial score (nSPS) is 20.4. The lowest BCUT2D eigenvalue weighted by atomic mass is 9.96. The van der Waals surface area contributed by atoms with Crippen molar-refractivity contribution >= 4 is 5.91 Å². The summed E-state index contributed by atoms with van der Waals surface area (Å²) in [5.41, 5.74) is 2.81. The van der Waals surface area contributed by atoms with E-state index < -0.39 is 0 Å². The van der Waals surface area contributed by atoms with Gasteiger partial charge in [0.15, 0.2) is 0 Å². The zero-order valence-electron chi connectivity index (χ0n) is 15.7. The number of hydrogen-bond donors (Lipinski definition) is 0. The lowest BCUT2D eigenvalue weighted by Crippen LogP contribution is -2.40. The van der Waals surface area contributed by atoms with E-state index in [-0.39, 0.29) is 24.1 Å². The molecule has 6 heteroatoms. The fourth-order valence-electron chi connectivity index (χ4n) is 4.00. The van der Waals surface area contributed by atoms with Gasteiger partial charge < -0.3 is 9.80 Å². The van der Waals surface area contributed by atoms with Crippen molar-refractivity contribution in [3.63, 3.8) is 0 Å². The van der Waals surface area contributed by atoms with Gasteiger partial charge in [-0.2, -0.15) is 0 Å². The van der Waals surface area contributed by atoms with Crippen LogP contribution in [0.25, 0.3) is 0 Å². The molecule has 142 valence electrons. The van der Waals surface area contributed by atoms with Crippen molar-refractivity contribution in [2.24, 2.45) is 0 Å². The second-order valence-electron chi connectivity index (χ2n) is 7.64. The molecule has 0 saturated carbocycles. The summed E-state index contributed by atoms with van der Waals surface area (Å²) in [4.78, 5) is 26.2. The summed E-state index contributed by atoms with van der Waals surface area (Å²) in [6, 6.07) is 6.49. The molecule has 2 aromatic rings. The second kappa shape index (κ2) is 7.72. The van der Waals surface area contributed by atoms with Crippen molar-refractivity contribution in [1.82, 2.24) is 19.8 Å². The number of fused-ring (bicyclic) bond motifs is 1. The maximum Gasteiger partial charge on any atom is 0.227 e. The zero-order chi connectivity index (χ0) is 18.8. The van der Waals surface area contributed by atoms with Crippen LogP contribution in [0.2, 0.25) is 0 Å². The molecule has 0 radical (unpaired) electrons. The summed E-state index contributed by atoms with van der Waals surface area (Å²) in [6.07, 6.45) is 4.92. The number of halogens is 1. The molecule has 27 heavy (non-hydrogen) atoms. The Morgan fingerprint density at radius 2 is 2.15 bits per heavy atom. The SMILES string of the molecule is CN1CCc2nc(C3CCCN(C(=O)Cc4ccccc4F)C3)ncc2C1. The first-order chi connectivity index (χ1) is 13.1. The summed E-state index contributed by atoms with van der Waals surface area (Å²) in [5.74, 6) is 0.668. The molecule has 2 aliphatic rings. The van der Waals surface area contributed by atoms with E-state index in [2.05, 4.69) is 16.9 Å². The molecule has 0 N–H and O–H groups in total. The van der Waals surface area contributed by atoms with Gasteiger partial charge in [-0.15, -0.1) is 0 Å². The molecule has 1 aromatic carbocycles. The summed E-state index contributed by atoms with van der Waals surface area (Å²) in [6.45, 7) is 3.25. The van der Waals surface area contributed by atoms with Crippen molar-refractivity contribution in [3.05, 3.63) is 58.9 Å². The Balaban J connectivity index is 1.45. The minimum absolute atomic E-state index is 0.0237. The third-order valence-electron chi connectivity index (χ3n) is 5.58. The molecule has 3 heterocycles. The van der Waals surface area contributed by atoms with Crippen molar-refractivity contribution in [1.29, 1.82) is 0 Å². The number of piperidine rings is 1. The lowest BCUT2D eigenvalue weighted by molar-refractivity contribution is -0.131. The Morgan fingerprint density at radius 1 is 1.30 bits per heavy atom. The topological polar surface area (TPSA) is 49.3 Å². The summed E-state index contributed by atoms with van der Waals surface area (Å²) in [5, 5.41) is 0. The maximum absolute atomic E-state index is 13.9. The van der Waals surface area contributed by atoms with Gasteiger partial charge in [0.1, 0.15) is 11.6 Å². The Morgan fingerprint density at radius 3 is 3.00 bits per heavy atom. The Kier molecular flexibility index (Phi) is 5.16. The highest BCUT2D eigenvalue weighted by atomic mass is 19.1. The van der Waals surface area contributed by atoms with Crippen LogP contribution < -0.4 is 0 Å². The van der Waals surface area contributed by atoms with E-state index in [9.17, 15) is 9.18 Å². The molecule has 2 aliphatic heterocycles. The van der Waals surface area contributed by atoms with E-state index in [1.54, 1.807) is 18.2 Å².